The zero-order valence-electron chi connectivity index (χ0n) is 8.96. The van der Waals surface area contributed by atoms with Crippen LogP contribution in [0.15, 0.2) is 10.9 Å². The highest BCUT2D eigenvalue weighted by Crippen LogP contribution is 2.08. The van der Waals surface area contributed by atoms with Crippen LogP contribution < -0.4 is 5.56 Å². The second-order valence-corrected chi connectivity index (χ2v) is 3.41. The molecule has 0 atom stereocenters. The molecule has 0 aromatic carbocycles. The lowest BCUT2D eigenvalue weighted by atomic mass is 10.0. The van der Waals surface area contributed by atoms with Gasteiger partial charge in [-0.3, -0.25) is 9.59 Å². The zero-order chi connectivity index (χ0) is 11.4. The smallest absolute Gasteiger partial charge is 0.308 e. The number of hydrogen-bond donors (Lipinski definition) is 2. The summed E-state index contributed by atoms with van der Waals surface area (Å²) in [6, 6.07) is 1.87. The van der Waals surface area contributed by atoms with Gasteiger partial charge in [-0.1, -0.05) is 13.8 Å². The lowest BCUT2D eigenvalue weighted by molar-refractivity contribution is -0.136. The second kappa shape index (κ2) is 4.77. The fraction of sp³-hybridized carbons (Fsp3) is 0.455. The largest absolute Gasteiger partial charge is 0.481 e. The van der Waals surface area contributed by atoms with Crippen LogP contribution in [0.5, 0.6) is 0 Å². The molecule has 0 amide bonds. The van der Waals surface area contributed by atoms with E-state index in [9.17, 15) is 9.59 Å². The highest BCUT2D eigenvalue weighted by atomic mass is 16.4. The van der Waals surface area contributed by atoms with E-state index >= 15 is 0 Å². The average Bonchev–Trinajstić information content (AvgIpc) is 2.20. The van der Waals surface area contributed by atoms with Crippen molar-refractivity contribution in [3.63, 3.8) is 0 Å². The summed E-state index contributed by atoms with van der Waals surface area (Å²) in [4.78, 5) is 24.9. The second-order valence-electron chi connectivity index (χ2n) is 3.41. The monoisotopic (exact) mass is 209 g/mol. The number of rotatable bonds is 4. The highest BCUT2D eigenvalue weighted by Gasteiger charge is 2.11. The predicted octanol–water partition coefficient (Wildman–Crippen LogP) is 1.13. The molecule has 1 aromatic rings. The molecule has 1 heterocycles. The third-order valence-electron chi connectivity index (χ3n) is 2.37. The molecule has 82 valence electrons. The molecule has 4 nitrogen and oxygen atoms in total. The van der Waals surface area contributed by atoms with E-state index in [4.69, 9.17) is 5.11 Å². The van der Waals surface area contributed by atoms with Crippen LogP contribution in [0.1, 0.15) is 30.7 Å². The summed E-state index contributed by atoms with van der Waals surface area (Å²) in [7, 11) is 0. The molecule has 0 radical (unpaired) electrons. The Kier molecular flexibility index (Phi) is 3.66. The molecule has 0 saturated heterocycles. The van der Waals surface area contributed by atoms with Crippen LogP contribution in [0.25, 0.3) is 0 Å². The Balaban J connectivity index is 3.24. The van der Waals surface area contributed by atoms with Crippen molar-refractivity contribution < 1.29 is 9.90 Å². The van der Waals surface area contributed by atoms with Gasteiger partial charge in [-0.05, 0) is 24.5 Å². The maximum Gasteiger partial charge on any atom is 0.308 e. The van der Waals surface area contributed by atoms with Crippen LogP contribution in [0, 0.1) is 0 Å². The molecule has 1 aromatic heterocycles. The minimum atomic E-state index is -0.973. The molecule has 2 N–H and O–H groups in total. The standard InChI is InChI=1S/C11H15NO3/c1-3-7-5-8(4-2)12-11(15)9(7)6-10(13)14/h5H,3-4,6H2,1-2H3,(H,12,15)(H,13,14). The van der Waals surface area contributed by atoms with Gasteiger partial charge in [0.15, 0.2) is 0 Å². The molecule has 15 heavy (non-hydrogen) atoms. The Morgan fingerprint density at radius 3 is 2.53 bits per heavy atom. The minimum absolute atomic E-state index is 0.206. The van der Waals surface area contributed by atoms with Crippen LogP contribution >= 0.6 is 0 Å². The van der Waals surface area contributed by atoms with Crippen LogP contribution in [0.2, 0.25) is 0 Å². The van der Waals surface area contributed by atoms with Gasteiger partial charge in [-0.15, -0.1) is 0 Å². The van der Waals surface area contributed by atoms with E-state index in [-0.39, 0.29) is 12.0 Å². The SMILES string of the molecule is CCc1cc(CC)c(CC(=O)O)c(=O)[nH]1. The van der Waals surface area contributed by atoms with Crippen molar-refractivity contribution in [1.82, 2.24) is 4.98 Å². The van der Waals surface area contributed by atoms with Crippen LogP contribution in [0.3, 0.4) is 0 Å². The topological polar surface area (TPSA) is 70.2 Å². The number of aromatic nitrogens is 1. The van der Waals surface area contributed by atoms with E-state index in [0.29, 0.717) is 12.0 Å². The number of carboxylic acid groups (broad SMARTS) is 1. The van der Waals surface area contributed by atoms with Crippen molar-refractivity contribution in [2.75, 3.05) is 0 Å². The van der Waals surface area contributed by atoms with Gasteiger partial charge in [0, 0.05) is 11.3 Å². The molecule has 0 bridgehead atoms. The highest BCUT2D eigenvalue weighted by molar-refractivity contribution is 5.70. The molecular formula is C11H15NO3. The van der Waals surface area contributed by atoms with Crippen molar-refractivity contribution in [2.24, 2.45) is 0 Å². The first kappa shape index (κ1) is 11.5. The molecule has 0 aliphatic rings. The predicted molar refractivity (Wildman–Crippen MR) is 57.2 cm³/mol. The van der Waals surface area contributed by atoms with Crippen molar-refractivity contribution in [2.45, 2.75) is 33.1 Å². The van der Waals surface area contributed by atoms with Crippen molar-refractivity contribution in [3.05, 3.63) is 33.2 Å². The first-order valence-electron chi connectivity index (χ1n) is 5.04. The van der Waals surface area contributed by atoms with Gasteiger partial charge in [0.05, 0.1) is 6.42 Å². The number of aliphatic carboxylic acids is 1. The molecule has 1 rings (SSSR count). The number of carboxylic acids is 1. The van der Waals surface area contributed by atoms with E-state index in [0.717, 1.165) is 17.7 Å². The number of aromatic amines is 1. The Hall–Kier alpha value is -1.58. The fourth-order valence-electron chi connectivity index (χ4n) is 1.55. The fourth-order valence-corrected chi connectivity index (χ4v) is 1.55. The van der Waals surface area contributed by atoms with E-state index < -0.39 is 5.97 Å². The van der Waals surface area contributed by atoms with Gasteiger partial charge >= 0.3 is 5.97 Å². The van der Waals surface area contributed by atoms with Crippen LogP contribution in [-0.4, -0.2) is 16.1 Å². The van der Waals surface area contributed by atoms with Gasteiger partial charge < -0.3 is 10.1 Å². The summed E-state index contributed by atoms with van der Waals surface area (Å²) in [5.41, 5.74) is 1.79. The quantitative estimate of drug-likeness (QED) is 0.780. The van der Waals surface area contributed by atoms with Gasteiger partial charge in [0.25, 0.3) is 5.56 Å². The molecule has 0 spiro atoms. The number of pyridine rings is 1. The maximum absolute atomic E-state index is 11.6. The first-order chi connectivity index (χ1) is 7.08. The molecule has 0 aliphatic carbocycles. The van der Waals surface area contributed by atoms with Crippen molar-refractivity contribution >= 4 is 5.97 Å². The van der Waals surface area contributed by atoms with Crippen molar-refractivity contribution in [1.29, 1.82) is 0 Å². The molecule has 0 saturated carbocycles. The summed E-state index contributed by atoms with van der Waals surface area (Å²) in [6.07, 6.45) is 1.22. The average molecular weight is 209 g/mol. The molecule has 0 unspecified atom stereocenters. The van der Waals surface area contributed by atoms with Gasteiger partial charge in [-0.2, -0.15) is 0 Å². The van der Waals surface area contributed by atoms with Gasteiger partial charge in [0.1, 0.15) is 0 Å². The van der Waals surface area contributed by atoms with E-state index in [1.54, 1.807) is 0 Å². The third kappa shape index (κ3) is 2.68. The Morgan fingerprint density at radius 2 is 2.07 bits per heavy atom. The lowest BCUT2D eigenvalue weighted by Crippen LogP contribution is -2.20. The summed E-state index contributed by atoms with van der Waals surface area (Å²) >= 11 is 0. The molecule has 0 fully saturated rings. The van der Waals surface area contributed by atoms with E-state index in [2.05, 4.69) is 4.98 Å². The molecular weight excluding hydrogens is 194 g/mol. The van der Waals surface area contributed by atoms with E-state index in [1.165, 1.54) is 0 Å². The number of nitrogens with one attached hydrogen (secondary N) is 1. The van der Waals surface area contributed by atoms with Crippen molar-refractivity contribution in [3.8, 4) is 0 Å². The Labute approximate surface area is 88.0 Å². The number of hydrogen-bond acceptors (Lipinski definition) is 2. The summed E-state index contributed by atoms with van der Waals surface area (Å²) < 4.78 is 0. The summed E-state index contributed by atoms with van der Waals surface area (Å²) in [5, 5.41) is 8.69. The molecule has 4 heteroatoms. The van der Waals surface area contributed by atoms with Gasteiger partial charge in [-0.25, -0.2) is 0 Å². The first-order valence-corrected chi connectivity index (χ1v) is 5.04. The Morgan fingerprint density at radius 1 is 1.40 bits per heavy atom. The van der Waals surface area contributed by atoms with Crippen LogP contribution in [0.4, 0.5) is 0 Å². The van der Waals surface area contributed by atoms with Gasteiger partial charge in [0.2, 0.25) is 0 Å². The minimum Gasteiger partial charge on any atom is -0.481 e. The summed E-state index contributed by atoms with van der Waals surface area (Å²) in [6.45, 7) is 3.86. The maximum atomic E-state index is 11.6. The summed E-state index contributed by atoms with van der Waals surface area (Å²) in [5.74, 6) is -0.973. The number of aryl methyl sites for hydroxylation is 2. The number of H-pyrrole nitrogens is 1. The lowest BCUT2D eigenvalue weighted by Gasteiger charge is -2.06. The Bertz CT molecular complexity index is 420. The third-order valence-corrected chi connectivity index (χ3v) is 2.37. The zero-order valence-corrected chi connectivity index (χ0v) is 8.96. The normalized spacial score (nSPS) is 10.3. The molecule has 0 aliphatic heterocycles. The van der Waals surface area contributed by atoms with E-state index in [1.807, 2.05) is 19.9 Å². The van der Waals surface area contributed by atoms with Crippen LogP contribution in [-0.2, 0) is 24.1 Å². The number of carbonyl (C=O) groups is 1.